The number of ether oxygens (including phenoxy) is 1. The van der Waals surface area contributed by atoms with E-state index in [0.717, 1.165) is 17.6 Å². The summed E-state index contributed by atoms with van der Waals surface area (Å²) in [7, 11) is 0. The van der Waals surface area contributed by atoms with Gasteiger partial charge in [0, 0.05) is 5.92 Å². The molecule has 0 heterocycles. The number of hydrogen-bond acceptors (Lipinski definition) is 2. The molecule has 0 aromatic rings. The first-order valence-electron chi connectivity index (χ1n) is 4.63. The molecule has 2 unspecified atom stereocenters. The molecule has 3 heteroatoms. The molecule has 1 saturated carbocycles. The van der Waals surface area contributed by atoms with Crippen LogP contribution in [0.15, 0.2) is 24.3 Å². The minimum absolute atomic E-state index is 0.194. The van der Waals surface area contributed by atoms with Crippen LogP contribution >= 0.6 is 0 Å². The average Bonchev–Trinajstić information content (AvgIpc) is 2.27. The SMILES string of the molecule is C=C(C)C1CCC(C)(OC(=O)O)C1=C. The van der Waals surface area contributed by atoms with E-state index < -0.39 is 11.8 Å². The van der Waals surface area contributed by atoms with Crippen LogP contribution in [-0.2, 0) is 4.74 Å². The lowest BCUT2D eigenvalue weighted by Crippen LogP contribution is -2.30. The van der Waals surface area contributed by atoms with Gasteiger partial charge >= 0.3 is 6.16 Å². The molecule has 0 radical (unpaired) electrons. The van der Waals surface area contributed by atoms with Gasteiger partial charge in [-0.15, -0.1) is 0 Å². The lowest BCUT2D eigenvalue weighted by Gasteiger charge is -2.25. The lowest BCUT2D eigenvalue weighted by molar-refractivity contribution is 0.0176. The van der Waals surface area contributed by atoms with Crippen LogP contribution in [0.1, 0.15) is 26.7 Å². The molecule has 0 aliphatic heterocycles. The Hall–Kier alpha value is -1.25. The summed E-state index contributed by atoms with van der Waals surface area (Å²) >= 11 is 0. The van der Waals surface area contributed by atoms with E-state index in [4.69, 9.17) is 9.84 Å². The molecule has 1 N–H and O–H groups in total. The van der Waals surface area contributed by atoms with Crippen molar-refractivity contribution in [2.75, 3.05) is 0 Å². The van der Waals surface area contributed by atoms with Gasteiger partial charge in [-0.3, -0.25) is 0 Å². The van der Waals surface area contributed by atoms with Crippen LogP contribution in [-0.4, -0.2) is 16.9 Å². The molecule has 1 aliphatic carbocycles. The van der Waals surface area contributed by atoms with E-state index in [0.29, 0.717) is 6.42 Å². The highest BCUT2D eigenvalue weighted by atomic mass is 16.7. The predicted octanol–water partition coefficient (Wildman–Crippen LogP) is 2.98. The Morgan fingerprint density at radius 3 is 2.64 bits per heavy atom. The standard InChI is InChI=1S/C11H16O3/c1-7(2)9-5-6-11(4,8(9)3)14-10(12)13/h9H,1,3,5-6H2,2,4H3,(H,12,13). The van der Waals surface area contributed by atoms with E-state index in [1.54, 1.807) is 6.92 Å². The molecule has 78 valence electrons. The molecule has 1 rings (SSSR count). The van der Waals surface area contributed by atoms with Gasteiger partial charge in [0.15, 0.2) is 0 Å². The molecule has 3 nitrogen and oxygen atoms in total. The summed E-state index contributed by atoms with van der Waals surface area (Å²) in [5.74, 6) is 0.194. The Morgan fingerprint density at radius 2 is 2.29 bits per heavy atom. The summed E-state index contributed by atoms with van der Waals surface area (Å²) in [5.41, 5.74) is 1.12. The van der Waals surface area contributed by atoms with Crippen molar-refractivity contribution in [3.63, 3.8) is 0 Å². The molecule has 0 amide bonds. The number of allylic oxidation sites excluding steroid dienone is 1. The van der Waals surface area contributed by atoms with Crippen LogP contribution in [0.2, 0.25) is 0 Å². The predicted molar refractivity (Wildman–Crippen MR) is 54.2 cm³/mol. The van der Waals surface area contributed by atoms with E-state index in [1.165, 1.54) is 0 Å². The van der Waals surface area contributed by atoms with Crippen molar-refractivity contribution in [1.82, 2.24) is 0 Å². The lowest BCUT2D eigenvalue weighted by atomic mass is 9.92. The Labute approximate surface area is 84.1 Å². The highest BCUT2D eigenvalue weighted by Gasteiger charge is 2.42. The van der Waals surface area contributed by atoms with Gasteiger partial charge in [-0.1, -0.05) is 18.7 Å². The van der Waals surface area contributed by atoms with Crippen molar-refractivity contribution in [1.29, 1.82) is 0 Å². The summed E-state index contributed by atoms with van der Waals surface area (Å²) in [4.78, 5) is 10.5. The number of rotatable bonds is 2. The maximum absolute atomic E-state index is 10.5. The molecule has 2 atom stereocenters. The Bertz CT molecular complexity index is 293. The quantitative estimate of drug-likeness (QED) is 0.545. The molecule has 1 fully saturated rings. The fraction of sp³-hybridized carbons (Fsp3) is 0.545. The van der Waals surface area contributed by atoms with Crippen molar-refractivity contribution in [2.24, 2.45) is 5.92 Å². The molecular formula is C11H16O3. The van der Waals surface area contributed by atoms with E-state index in [1.807, 2.05) is 6.92 Å². The summed E-state index contributed by atoms with van der Waals surface area (Å²) < 4.78 is 4.87. The highest BCUT2D eigenvalue weighted by molar-refractivity contribution is 5.58. The molecule has 0 aromatic heterocycles. The first-order chi connectivity index (χ1) is 6.37. The molecule has 0 bridgehead atoms. The average molecular weight is 196 g/mol. The normalized spacial score (nSPS) is 31.6. The van der Waals surface area contributed by atoms with Crippen molar-refractivity contribution in [3.05, 3.63) is 24.3 Å². The fourth-order valence-electron chi connectivity index (χ4n) is 1.98. The van der Waals surface area contributed by atoms with Crippen molar-refractivity contribution in [3.8, 4) is 0 Å². The van der Waals surface area contributed by atoms with Gasteiger partial charge in [0.05, 0.1) is 0 Å². The van der Waals surface area contributed by atoms with Gasteiger partial charge in [0.1, 0.15) is 5.60 Å². The number of carboxylic acid groups (broad SMARTS) is 1. The Balaban J connectivity index is 2.81. The van der Waals surface area contributed by atoms with Gasteiger partial charge in [-0.05, 0) is 32.3 Å². The molecule has 0 aromatic carbocycles. The smallest absolute Gasteiger partial charge is 0.450 e. The van der Waals surface area contributed by atoms with Gasteiger partial charge < -0.3 is 9.84 Å². The minimum Gasteiger partial charge on any atom is -0.450 e. The van der Waals surface area contributed by atoms with Crippen LogP contribution < -0.4 is 0 Å². The minimum atomic E-state index is -1.24. The van der Waals surface area contributed by atoms with Crippen molar-refractivity contribution in [2.45, 2.75) is 32.3 Å². The van der Waals surface area contributed by atoms with E-state index >= 15 is 0 Å². The van der Waals surface area contributed by atoms with Crippen LogP contribution in [0.3, 0.4) is 0 Å². The second kappa shape index (κ2) is 3.48. The summed E-state index contributed by atoms with van der Waals surface area (Å²) in [6.07, 6.45) is 0.323. The van der Waals surface area contributed by atoms with Gasteiger partial charge in [-0.2, -0.15) is 0 Å². The Morgan fingerprint density at radius 1 is 1.71 bits per heavy atom. The molecule has 14 heavy (non-hydrogen) atoms. The molecular weight excluding hydrogens is 180 g/mol. The van der Waals surface area contributed by atoms with Crippen LogP contribution in [0.4, 0.5) is 4.79 Å². The first-order valence-corrected chi connectivity index (χ1v) is 4.63. The van der Waals surface area contributed by atoms with Crippen molar-refractivity contribution >= 4 is 6.16 Å². The number of hydrogen-bond donors (Lipinski definition) is 1. The molecule has 1 aliphatic rings. The topological polar surface area (TPSA) is 46.5 Å². The highest BCUT2D eigenvalue weighted by Crippen LogP contribution is 2.44. The maximum atomic E-state index is 10.5. The summed E-state index contributed by atoms with van der Waals surface area (Å²) in [5, 5.41) is 8.60. The third-order valence-corrected chi connectivity index (χ3v) is 2.92. The summed E-state index contributed by atoms with van der Waals surface area (Å²) in [6.45, 7) is 11.5. The van der Waals surface area contributed by atoms with Gasteiger partial charge in [0.2, 0.25) is 0 Å². The maximum Gasteiger partial charge on any atom is 0.506 e. The third-order valence-electron chi connectivity index (χ3n) is 2.92. The zero-order valence-electron chi connectivity index (χ0n) is 8.67. The molecule has 0 spiro atoms. The van der Waals surface area contributed by atoms with Gasteiger partial charge in [-0.25, -0.2) is 4.79 Å². The van der Waals surface area contributed by atoms with Crippen LogP contribution in [0.25, 0.3) is 0 Å². The van der Waals surface area contributed by atoms with Crippen LogP contribution in [0.5, 0.6) is 0 Å². The third kappa shape index (κ3) is 1.81. The van der Waals surface area contributed by atoms with E-state index in [9.17, 15) is 4.79 Å². The second-order valence-corrected chi connectivity index (χ2v) is 4.06. The second-order valence-electron chi connectivity index (χ2n) is 4.06. The Kier molecular flexibility index (Phi) is 2.69. The fourth-order valence-corrected chi connectivity index (χ4v) is 1.98. The summed E-state index contributed by atoms with van der Waals surface area (Å²) in [6, 6.07) is 0. The van der Waals surface area contributed by atoms with Gasteiger partial charge in [0.25, 0.3) is 0 Å². The van der Waals surface area contributed by atoms with Crippen molar-refractivity contribution < 1.29 is 14.6 Å². The first kappa shape index (κ1) is 10.8. The largest absolute Gasteiger partial charge is 0.506 e. The molecule has 0 saturated heterocycles. The van der Waals surface area contributed by atoms with E-state index in [-0.39, 0.29) is 5.92 Å². The monoisotopic (exact) mass is 196 g/mol. The van der Waals surface area contributed by atoms with Crippen LogP contribution in [0, 0.1) is 5.92 Å². The van der Waals surface area contributed by atoms with E-state index in [2.05, 4.69) is 13.2 Å². The number of carbonyl (C=O) groups is 1. The zero-order valence-corrected chi connectivity index (χ0v) is 8.67. The zero-order chi connectivity index (χ0) is 10.9.